The number of rotatable bonds is 3. The molecule has 86 valence electrons. The summed E-state index contributed by atoms with van der Waals surface area (Å²) in [5.41, 5.74) is 3.31. The van der Waals surface area contributed by atoms with Gasteiger partial charge in [0.15, 0.2) is 0 Å². The minimum Gasteiger partial charge on any atom is -0.254 e. The van der Waals surface area contributed by atoms with Gasteiger partial charge in [0.25, 0.3) is 0 Å². The Balaban J connectivity index is 2.21. The first-order chi connectivity index (χ1) is 8.83. The maximum Gasteiger partial charge on any atom is 0.0886 e. The molecule has 0 aromatic carbocycles. The van der Waals surface area contributed by atoms with Gasteiger partial charge in [-0.3, -0.25) is 9.97 Å². The number of pyridine rings is 2. The van der Waals surface area contributed by atoms with E-state index in [0.717, 1.165) is 22.5 Å². The Hall–Kier alpha value is -2.72. The number of nitriles is 2. The first kappa shape index (κ1) is 11.8. The van der Waals surface area contributed by atoms with Gasteiger partial charge >= 0.3 is 0 Å². The largest absolute Gasteiger partial charge is 0.254 e. The molecule has 4 heteroatoms. The van der Waals surface area contributed by atoms with Crippen LogP contribution in [-0.2, 0) is 12.8 Å². The Morgan fingerprint density at radius 2 is 1.22 bits per heavy atom. The van der Waals surface area contributed by atoms with E-state index in [0.29, 0.717) is 12.8 Å². The molecule has 0 amide bonds. The summed E-state index contributed by atoms with van der Waals surface area (Å²) in [5, 5.41) is 17.1. The Morgan fingerprint density at radius 1 is 0.778 bits per heavy atom. The van der Waals surface area contributed by atoms with Crippen molar-refractivity contribution in [3.63, 3.8) is 0 Å². The molecular formula is C14H10N4. The maximum absolute atomic E-state index is 8.57. The van der Waals surface area contributed by atoms with Crippen LogP contribution in [0.3, 0.4) is 0 Å². The maximum atomic E-state index is 8.57. The molecule has 0 saturated heterocycles. The van der Waals surface area contributed by atoms with Crippen molar-refractivity contribution in [2.45, 2.75) is 12.8 Å². The molecule has 0 aliphatic rings. The quantitative estimate of drug-likeness (QED) is 0.816. The second-order valence-corrected chi connectivity index (χ2v) is 3.77. The molecule has 0 N–H and O–H groups in total. The van der Waals surface area contributed by atoms with E-state index in [1.165, 1.54) is 0 Å². The fourth-order valence-electron chi connectivity index (χ4n) is 1.54. The SMILES string of the molecule is N#CCc1ccc(-c2ccc(CC#N)cn2)nc1. The third-order valence-electron chi connectivity index (χ3n) is 2.48. The number of hydrogen-bond donors (Lipinski definition) is 0. The third-order valence-corrected chi connectivity index (χ3v) is 2.48. The summed E-state index contributed by atoms with van der Waals surface area (Å²) in [6, 6.07) is 11.6. The van der Waals surface area contributed by atoms with Gasteiger partial charge in [0.05, 0.1) is 36.4 Å². The van der Waals surface area contributed by atoms with Gasteiger partial charge in [0.2, 0.25) is 0 Å². The monoisotopic (exact) mass is 234 g/mol. The third kappa shape index (κ3) is 2.69. The van der Waals surface area contributed by atoms with Crippen LogP contribution in [0.15, 0.2) is 36.7 Å². The van der Waals surface area contributed by atoms with E-state index in [1.807, 2.05) is 24.3 Å². The Bertz CT molecular complexity index is 543. The van der Waals surface area contributed by atoms with Crippen molar-refractivity contribution in [2.75, 3.05) is 0 Å². The van der Waals surface area contributed by atoms with Crippen molar-refractivity contribution >= 4 is 0 Å². The predicted octanol–water partition coefficient (Wildman–Crippen LogP) is 2.28. The van der Waals surface area contributed by atoms with E-state index in [9.17, 15) is 0 Å². The molecule has 0 fully saturated rings. The first-order valence-electron chi connectivity index (χ1n) is 5.47. The van der Waals surface area contributed by atoms with Gasteiger partial charge in [0.1, 0.15) is 0 Å². The molecule has 0 unspecified atom stereocenters. The predicted molar refractivity (Wildman–Crippen MR) is 66.1 cm³/mol. The van der Waals surface area contributed by atoms with Crippen LogP contribution in [0.1, 0.15) is 11.1 Å². The van der Waals surface area contributed by atoms with Crippen LogP contribution < -0.4 is 0 Å². The molecule has 18 heavy (non-hydrogen) atoms. The molecule has 0 saturated carbocycles. The van der Waals surface area contributed by atoms with Gasteiger partial charge < -0.3 is 0 Å². The topological polar surface area (TPSA) is 73.4 Å². The van der Waals surface area contributed by atoms with Crippen LogP contribution in [0.2, 0.25) is 0 Å². The van der Waals surface area contributed by atoms with Gasteiger partial charge in [-0.2, -0.15) is 10.5 Å². The Morgan fingerprint density at radius 3 is 1.50 bits per heavy atom. The van der Waals surface area contributed by atoms with Crippen molar-refractivity contribution in [3.05, 3.63) is 47.8 Å². The summed E-state index contributed by atoms with van der Waals surface area (Å²) >= 11 is 0. The standard InChI is InChI=1S/C14H10N4/c15-7-5-11-1-3-13(17-9-11)14-4-2-12(6-8-16)10-18-14/h1-4,9-10H,5-6H2. The second-order valence-electron chi connectivity index (χ2n) is 3.77. The molecule has 0 bridgehead atoms. The highest BCUT2D eigenvalue weighted by Crippen LogP contribution is 2.15. The zero-order chi connectivity index (χ0) is 12.8. The first-order valence-corrected chi connectivity index (χ1v) is 5.47. The van der Waals surface area contributed by atoms with Crippen LogP contribution in [0.4, 0.5) is 0 Å². The van der Waals surface area contributed by atoms with Crippen LogP contribution in [-0.4, -0.2) is 9.97 Å². The van der Waals surface area contributed by atoms with Crippen LogP contribution in [0, 0.1) is 22.7 Å². The van der Waals surface area contributed by atoms with E-state index < -0.39 is 0 Å². The van der Waals surface area contributed by atoms with Crippen LogP contribution >= 0.6 is 0 Å². The lowest BCUT2D eigenvalue weighted by Gasteiger charge is -2.01. The van der Waals surface area contributed by atoms with Crippen LogP contribution in [0.25, 0.3) is 11.4 Å². The highest BCUT2D eigenvalue weighted by molar-refractivity contribution is 5.54. The summed E-state index contributed by atoms with van der Waals surface area (Å²) in [6.07, 6.45) is 4.09. The molecule has 2 aromatic rings. The molecule has 0 atom stereocenters. The average Bonchev–Trinajstić information content (AvgIpc) is 2.41. The molecule has 0 aliphatic heterocycles. The fourth-order valence-corrected chi connectivity index (χ4v) is 1.54. The highest BCUT2D eigenvalue weighted by Gasteiger charge is 2.01. The van der Waals surface area contributed by atoms with Gasteiger partial charge in [-0.15, -0.1) is 0 Å². The van der Waals surface area contributed by atoms with E-state index in [2.05, 4.69) is 22.1 Å². The Labute approximate surface area is 105 Å². The van der Waals surface area contributed by atoms with Crippen LogP contribution in [0.5, 0.6) is 0 Å². The summed E-state index contributed by atoms with van der Waals surface area (Å²) in [7, 11) is 0. The van der Waals surface area contributed by atoms with E-state index in [4.69, 9.17) is 10.5 Å². The van der Waals surface area contributed by atoms with E-state index in [1.54, 1.807) is 12.4 Å². The number of hydrogen-bond acceptors (Lipinski definition) is 4. The van der Waals surface area contributed by atoms with Gasteiger partial charge in [-0.1, -0.05) is 12.1 Å². The summed E-state index contributed by atoms with van der Waals surface area (Å²) < 4.78 is 0. The normalized spacial score (nSPS) is 9.44. The van der Waals surface area contributed by atoms with Gasteiger partial charge in [-0.05, 0) is 23.3 Å². The Kier molecular flexibility index (Phi) is 3.63. The summed E-state index contributed by atoms with van der Waals surface area (Å²) in [4.78, 5) is 8.53. The van der Waals surface area contributed by atoms with E-state index >= 15 is 0 Å². The molecule has 0 spiro atoms. The van der Waals surface area contributed by atoms with Crippen molar-refractivity contribution in [2.24, 2.45) is 0 Å². The number of aromatic nitrogens is 2. The fraction of sp³-hybridized carbons (Fsp3) is 0.143. The molecular weight excluding hydrogens is 224 g/mol. The molecule has 2 rings (SSSR count). The lowest BCUT2D eigenvalue weighted by Crippen LogP contribution is -1.91. The zero-order valence-corrected chi connectivity index (χ0v) is 9.67. The lowest BCUT2D eigenvalue weighted by atomic mass is 10.1. The minimum atomic E-state index is 0.363. The van der Waals surface area contributed by atoms with Crippen molar-refractivity contribution in [1.82, 2.24) is 9.97 Å². The highest BCUT2D eigenvalue weighted by atomic mass is 14.8. The van der Waals surface area contributed by atoms with Crippen molar-refractivity contribution in [3.8, 4) is 23.5 Å². The lowest BCUT2D eigenvalue weighted by molar-refractivity contribution is 1.15. The second kappa shape index (κ2) is 5.56. The summed E-state index contributed by atoms with van der Waals surface area (Å²) in [5.74, 6) is 0. The minimum absolute atomic E-state index is 0.363. The van der Waals surface area contributed by atoms with Gasteiger partial charge in [0, 0.05) is 12.4 Å². The van der Waals surface area contributed by atoms with Gasteiger partial charge in [-0.25, -0.2) is 0 Å². The molecule has 4 nitrogen and oxygen atoms in total. The van der Waals surface area contributed by atoms with E-state index in [-0.39, 0.29) is 0 Å². The molecule has 2 aromatic heterocycles. The number of nitrogens with zero attached hydrogens (tertiary/aromatic N) is 4. The molecule has 2 heterocycles. The molecule has 0 aliphatic carbocycles. The zero-order valence-electron chi connectivity index (χ0n) is 9.67. The van der Waals surface area contributed by atoms with Crippen molar-refractivity contribution in [1.29, 1.82) is 10.5 Å². The molecule has 0 radical (unpaired) electrons. The van der Waals surface area contributed by atoms with Crippen molar-refractivity contribution < 1.29 is 0 Å². The smallest absolute Gasteiger partial charge is 0.0886 e. The average molecular weight is 234 g/mol. The summed E-state index contributed by atoms with van der Waals surface area (Å²) in [6.45, 7) is 0.